The molecule has 0 aromatic carbocycles. The molecule has 1 rings (SSSR count). The van der Waals surface area contributed by atoms with Gasteiger partial charge in [0.2, 0.25) is 0 Å². The molecular weight excluding hydrogens is 144 g/mol. The highest BCUT2D eigenvalue weighted by molar-refractivity contribution is 7.76. The molecule has 0 N–H and O–H groups in total. The highest BCUT2D eigenvalue weighted by Crippen LogP contribution is 2.14. The van der Waals surface area contributed by atoms with Crippen LogP contribution in [-0.4, -0.2) is 0 Å². The van der Waals surface area contributed by atoms with Gasteiger partial charge in [-0.1, -0.05) is 12.2 Å². The van der Waals surface area contributed by atoms with Gasteiger partial charge in [0, 0.05) is 10.3 Å². The van der Waals surface area contributed by atoms with Crippen molar-refractivity contribution >= 4 is 34.9 Å². The van der Waals surface area contributed by atoms with Crippen molar-refractivity contribution in [1.82, 2.24) is 0 Å². The van der Waals surface area contributed by atoms with E-state index in [9.17, 15) is 0 Å². The maximum atomic E-state index is 4.87. The fraction of sp³-hybridized carbons (Fsp3) is 0.250. The molecule has 7 heavy (non-hydrogen) atoms. The second-order valence-corrected chi connectivity index (χ2v) is 4.52. The SMILES string of the molecule is Cc1csc(=S)s1. The molecule has 3 heteroatoms. The van der Waals surface area contributed by atoms with Crippen LogP contribution in [0.25, 0.3) is 0 Å². The molecule has 1 aromatic rings. The molecular formula is C4H4S3. The van der Waals surface area contributed by atoms with E-state index in [1.54, 1.807) is 22.7 Å². The minimum Gasteiger partial charge on any atom is -0.121 e. The Morgan fingerprint density at radius 3 is 2.57 bits per heavy atom. The molecule has 0 radical (unpaired) electrons. The minimum atomic E-state index is 1.03. The molecule has 0 fully saturated rings. The summed E-state index contributed by atoms with van der Waals surface area (Å²) in [5.41, 5.74) is 0. The zero-order valence-corrected chi connectivity index (χ0v) is 6.25. The predicted octanol–water partition coefficient (Wildman–Crippen LogP) is 2.85. The number of aryl methyl sites for hydroxylation is 1. The van der Waals surface area contributed by atoms with Crippen molar-refractivity contribution in [1.29, 1.82) is 0 Å². The Kier molecular flexibility index (Phi) is 1.57. The number of hydrogen-bond donors (Lipinski definition) is 0. The van der Waals surface area contributed by atoms with Crippen molar-refractivity contribution in [2.45, 2.75) is 6.92 Å². The van der Waals surface area contributed by atoms with Crippen molar-refractivity contribution in [3.8, 4) is 0 Å². The van der Waals surface area contributed by atoms with E-state index < -0.39 is 0 Å². The van der Waals surface area contributed by atoms with Gasteiger partial charge in [0.1, 0.15) is 3.14 Å². The van der Waals surface area contributed by atoms with E-state index in [1.165, 1.54) is 4.88 Å². The molecule has 0 saturated carbocycles. The van der Waals surface area contributed by atoms with Gasteiger partial charge in [0.05, 0.1) is 0 Å². The summed E-state index contributed by atoms with van der Waals surface area (Å²) < 4.78 is 1.03. The lowest BCUT2D eigenvalue weighted by molar-refractivity contribution is 1.67. The van der Waals surface area contributed by atoms with Crippen LogP contribution in [0.5, 0.6) is 0 Å². The smallest absolute Gasteiger partial charge is 0.121 e. The van der Waals surface area contributed by atoms with Gasteiger partial charge in [-0.25, -0.2) is 0 Å². The summed E-state index contributed by atoms with van der Waals surface area (Å²) >= 11 is 8.18. The summed E-state index contributed by atoms with van der Waals surface area (Å²) in [6.45, 7) is 2.07. The average Bonchev–Trinajstić information content (AvgIpc) is 1.87. The third kappa shape index (κ3) is 1.33. The summed E-state index contributed by atoms with van der Waals surface area (Å²) in [6, 6.07) is 0. The average molecular weight is 148 g/mol. The molecule has 0 aliphatic heterocycles. The van der Waals surface area contributed by atoms with E-state index in [0.29, 0.717) is 0 Å². The third-order valence-corrected chi connectivity index (χ3v) is 3.06. The first-order valence-corrected chi connectivity index (χ1v) is 3.95. The van der Waals surface area contributed by atoms with Crippen molar-refractivity contribution in [3.63, 3.8) is 0 Å². The van der Waals surface area contributed by atoms with E-state index >= 15 is 0 Å². The standard InChI is InChI=1S/C4H4S3/c1-3-2-6-4(5)7-3/h2H,1H3. The first kappa shape index (κ1) is 5.41. The first-order chi connectivity index (χ1) is 3.29. The van der Waals surface area contributed by atoms with Gasteiger partial charge in [-0.3, -0.25) is 0 Å². The van der Waals surface area contributed by atoms with Crippen LogP contribution >= 0.6 is 34.9 Å². The van der Waals surface area contributed by atoms with Gasteiger partial charge >= 0.3 is 0 Å². The summed E-state index contributed by atoms with van der Waals surface area (Å²) in [4.78, 5) is 1.31. The maximum Gasteiger partial charge on any atom is 0.143 e. The van der Waals surface area contributed by atoms with Crippen LogP contribution in [0.2, 0.25) is 0 Å². The Hall–Kier alpha value is 0.270. The predicted molar refractivity (Wildman–Crippen MR) is 37.8 cm³/mol. The molecule has 0 aliphatic carbocycles. The van der Waals surface area contributed by atoms with Crippen molar-refractivity contribution in [2.75, 3.05) is 0 Å². The first-order valence-electron chi connectivity index (χ1n) is 1.84. The van der Waals surface area contributed by atoms with Crippen molar-refractivity contribution in [2.24, 2.45) is 0 Å². The van der Waals surface area contributed by atoms with Crippen LogP contribution in [0.15, 0.2) is 5.38 Å². The van der Waals surface area contributed by atoms with Crippen LogP contribution in [0.4, 0.5) is 0 Å². The number of rotatable bonds is 0. The molecule has 0 unspecified atom stereocenters. The largest absolute Gasteiger partial charge is 0.143 e. The van der Waals surface area contributed by atoms with Gasteiger partial charge in [0.25, 0.3) is 0 Å². The highest BCUT2D eigenvalue weighted by atomic mass is 32.2. The lowest BCUT2D eigenvalue weighted by Crippen LogP contribution is -1.42. The Bertz CT molecular complexity index is 195. The normalized spacial score (nSPS) is 9.29. The van der Waals surface area contributed by atoms with Crippen molar-refractivity contribution in [3.05, 3.63) is 13.4 Å². The lowest BCUT2D eigenvalue weighted by Gasteiger charge is -1.64. The van der Waals surface area contributed by atoms with Crippen LogP contribution < -0.4 is 0 Å². The van der Waals surface area contributed by atoms with Gasteiger partial charge in [-0.2, -0.15) is 0 Å². The molecule has 0 amide bonds. The van der Waals surface area contributed by atoms with Gasteiger partial charge in [0.15, 0.2) is 0 Å². The monoisotopic (exact) mass is 148 g/mol. The Labute approximate surface area is 55.4 Å². The lowest BCUT2D eigenvalue weighted by atomic mass is 10.7. The van der Waals surface area contributed by atoms with E-state index in [0.717, 1.165) is 3.14 Å². The van der Waals surface area contributed by atoms with E-state index in [1.807, 2.05) is 0 Å². The second-order valence-electron chi connectivity index (χ2n) is 1.20. The van der Waals surface area contributed by atoms with Crippen LogP contribution in [0, 0.1) is 10.1 Å². The molecule has 0 spiro atoms. The minimum absolute atomic E-state index is 1.03. The Morgan fingerprint density at radius 2 is 2.43 bits per heavy atom. The van der Waals surface area contributed by atoms with Crippen molar-refractivity contribution < 1.29 is 0 Å². The Morgan fingerprint density at radius 1 is 1.71 bits per heavy atom. The second kappa shape index (κ2) is 2.03. The molecule has 0 bridgehead atoms. The van der Waals surface area contributed by atoms with Crippen LogP contribution in [-0.2, 0) is 0 Å². The summed E-state index contributed by atoms with van der Waals surface area (Å²) in [6.07, 6.45) is 0. The fourth-order valence-electron chi connectivity index (χ4n) is 0.311. The zero-order chi connectivity index (χ0) is 5.28. The van der Waals surface area contributed by atoms with E-state index in [-0.39, 0.29) is 0 Å². The van der Waals surface area contributed by atoms with Gasteiger partial charge in [-0.15, -0.1) is 22.7 Å². The van der Waals surface area contributed by atoms with Gasteiger partial charge < -0.3 is 0 Å². The maximum absolute atomic E-state index is 4.87. The summed E-state index contributed by atoms with van der Waals surface area (Å²) in [7, 11) is 0. The third-order valence-electron chi connectivity index (χ3n) is 0.565. The van der Waals surface area contributed by atoms with Gasteiger partial charge in [-0.05, 0) is 6.92 Å². The molecule has 38 valence electrons. The number of hydrogen-bond acceptors (Lipinski definition) is 3. The molecule has 0 saturated heterocycles. The molecule has 0 atom stereocenters. The molecule has 1 aromatic heterocycles. The summed E-state index contributed by atoms with van der Waals surface area (Å²) in [5, 5.41) is 2.08. The summed E-state index contributed by atoms with van der Waals surface area (Å²) in [5.74, 6) is 0. The topological polar surface area (TPSA) is 0 Å². The Balaban J connectivity index is 3.30. The van der Waals surface area contributed by atoms with E-state index in [2.05, 4.69) is 12.3 Å². The molecule has 0 aliphatic rings. The van der Waals surface area contributed by atoms with Crippen LogP contribution in [0.3, 0.4) is 0 Å². The molecule has 1 heterocycles. The fourth-order valence-corrected chi connectivity index (χ4v) is 2.44. The quantitative estimate of drug-likeness (QED) is 0.510. The highest BCUT2D eigenvalue weighted by Gasteiger charge is 1.82. The van der Waals surface area contributed by atoms with E-state index in [4.69, 9.17) is 12.2 Å². The molecule has 0 nitrogen and oxygen atoms in total. The van der Waals surface area contributed by atoms with Crippen LogP contribution in [0.1, 0.15) is 4.88 Å². The zero-order valence-electron chi connectivity index (χ0n) is 3.80.